The van der Waals surface area contributed by atoms with Crippen LogP contribution in [0.4, 0.5) is 10.5 Å². The van der Waals surface area contributed by atoms with Crippen LogP contribution in [0.3, 0.4) is 0 Å². The van der Waals surface area contributed by atoms with E-state index in [-0.39, 0.29) is 0 Å². The molecule has 1 fully saturated rings. The molecule has 1 amide bonds. The van der Waals surface area contributed by atoms with E-state index in [1.165, 1.54) is 12.0 Å². The van der Waals surface area contributed by atoms with Gasteiger partial charge in [-0.1, -0.05) is 15.9 Å². The molecule has 0 unspecified atom stereocenters. The van der Waals surface area contributed by atoms with Gasteiger partial charge in [0, 0.05) is 10.2 Å². The molecule has 0 aromatic heterocycles. The average Bonchev–Trinajstić information content (AvgIpc) is 2.73. The van der Waals surface area contributed by atoms with E-state index in [2.05, 4.69) is 20.7 Å². The minimum Gasteiger partial charge on any atom is -0.465 e. The maximum absolute atomic E-state index is 11.4. The Balaban J connectivity index is 2.37. The first-order valence-corrected chi connectivity index (χ1v) is 5.74. The molecule has 17 heavy (non-hydrogen) atoms. The van der Waals surface area contributed by atoms with Gasteiger partial charge in [0.2, 0.25) is 0 Å². The number of anilines is 1. The minimum absolute atomic E-state index is 0.360. The topological polar surface area (TPSA) is 55.8 Å². The SMILES string of the molecule is COC(=O)c1cc(Br)cc(N2CCOC2=O)c1. The Morgan fingerprint density at radius 2 is 2.24 bits per heavy atom. The van der Waals surface area contributed by atoms with Crippen molar-refractivity contribution in [3.8, 4) is 0 Å². The molecular weight excluding hydrogens is 290 g/mol. The lowest BCUT2D eigenvalue weighted by Gasteiger charge is -2.14. The second-order valence-electron chi connectivity index (χ2n) is 3.46. The minimum atomic E-state index is -0.444. The van der Waals surface area contributed by atoms with Crippen LogP contribution >= 0.6 is 15.9 Å². The summed E-state index contributed by atoms with van der Waals surface area (Å²) in [5, 5.41) is 0. The summed E-state index contributed by atoms with van der Waals surface area (Å²) < 4.78 is 10.2. The van der Waals surface area contributed by atoms with Crippen molar-refractivity contribution >= 4 is 33.7 Å². The second-order valence-corrected chi connectivity index (χ2v) is 4.37. The zero-order valence-electron chi connectivity index (χ0n) is 9.10. The van der Waals surface area contributed by atoms with E-state index in [0.29, 0.717) is 28.9 Å². The van der Waals surface area contributed by atoms with Gasteiger partial charge in [-0.2, -0.15) is 0 Å². The first kappa shape index (κ1) is 11.9. The molecule has 1 aliphatic heterocycles. The molecule has 0 bridgehead atoms. The number of carbonyl (C=O) groups excluding carboxylic acids is 2. The van der Waals surface area contributed by atoms with Gasteiger partial charge in [0.05, 0.1) is 19.2 Å². The number of methoxy groups -OCH3 is 1. The zero-order chi connectivity index (χ0) is 12.4. The summed E-state index contributed by atoms with van der Waals surface area (Å²) in [4.78, 5) is 24.3. The summed E-state index contributed by atoms with van der Waals surface area (Å²) in [6, 6.07) is 4.99. The van der Waals surface area contributed by atoms with Crippen LogP contribution in [0.5, 0.6) is 0 Å². The Bertz CT molecular complexity index is 475. The number of amides is 1. The summed E-state index contributed by atoms with van der Waals surface area (Å²) in [5.74, 6) is -0.444. The van der Waals surface area contributed by atoms with Crippen molar-refractivity contribution in [2.45, 2.75) is 0 Å². The smallest absolute Gasteiger partial charge is 0.414 e. The molecule has 1 saturated heterocycles. The third-order valence-corrected chi connectivity index (χ3v) is 2.83. The number of cyclic esters (lactones) is 1. The number of esters is 1. The molecule has 0 spiro atoms. The zero-order valence-corrected chi connectivity index (χ0v) is 10.7. The number of hydrogen-bond acceptors (Lipinski definition) is 4. The lowest BCUT2D eigenvalue weighted by Crippen LogP contribution is -2.23. The maximum atomic E-state index is 11.4. The number of hydrogen-bond donors (Lipinski definition) is 0. The Morgan fingerprint density at radius 1 is 1.47 bits per heavy atom. The molecule has 90 valence electrons. The normalized spacial score (nSPS) is 14.7. The summed E-state index contributed by atoms with van der Waals surface area (Å²) in [7, 11) is 1.31. The molecular formula is C11H10BrNO4. The van der Waals surface area contributed by atoms with Gasteiger partial charge < -0.3 is 9.47 Å². The molecule has 0 radical (unpaired) electrons. The van der Waals surface area contributed by atoms with E-state index in [0.717, 1.165) is 0 Å². The van der Waals surface area contributed by atoms with Crippen LogP contribution < -0.4 is 4.90 Å². The standard InChI is InChI=1S/C11H10BrNO4/c1-16-10(14)7-4-8(12)6-9(5-7)13-2-3-17-11(13)15/h4-6H,2-3H2,1H3. The molecule has 1 aromatic rings. The molecule has 1 aliphatic rings. The molecule has 1 aromatic carbocycles. The Hall–Kier alpha value is -1.56. The van der Waals surface area contributed by atoms with Crippen LogP contribution in [0.25, 0.3) is 0 Å². The van der Waals surface area contributed by atoms with Crippen molar-refractivity contribution in [3.63, 3.8) is 0 Å². The molecule has 0 atom stereocenters. The van der Waals surface area contributed by atoms with Gasteiger partial charge in [-0.25, -0.2) is 9.59 Å². The predicted molar refractivity (Wildman–Crippen MR) is 64.2 cm³/mol. The number of benzene rings is 1. The third kappa shape index (κ3) is 2.41. The van der Waals surface area contributed by atoms with Gasteiger partial charge in [-0.3, -0.25) is 4.90 Å². The summed E-state index contributed by atoms with van der Waals surface area (Å²) in [5.41, 5.74) is 0.999. The average molecular weight is 300 g/mol. The lowest BCUT2D eigenvalue weighted by atomic mass is 10.2. The Labute approximate surface area is 106 Å². The van der Waals surface area contributed by atoms with Crippen molar-refractivity contribution in [3.05, 3.63) is 28.2 Å². The van der Waals surface area contributed by atoms with Gasteiger partial charge in [0.1, 0.15) is 6.61 Å². The molecule has 5 nitrogen and oxygen atoms in total. The fourth-order valence-corrected chi connectivity index (χ4v) is 2.07. The monoisotopic (exact) mass is 299 g/mol. The van der Waals surface area contributed by atoms with Gasteiger partial charge >= 0.3 is 12.1 Å². The van der Waals surface area contributed by atoms with Gasteiger partial charge in [-0.15, -0.1) is 0 Å². The molecule has 6 heteroatoms. The molecule has 2 rings (SSSR count). The van der Waals surface area contributed by atoms with E-state index in [4.69, 9.17) is 4.74 Å². The number of carbonyl (C=O) groups is 2. The maximum Gasteiger partial charge on any atom is 0.414 e. The molecule has 1 heterocycles. The predicted octanol–water partition coefficient (Wildman–Crippen LogP) is 2.19. The third-order valence-electron chi connectivity index (χ3n) is 2.38. The highest BCUT2D eigenvalue weighted by atomic mass is 79.9. The van der Waals surface area contributed by atoms with Gasteiger partial charge in [0.15, 0.2) is 0 Å². The van der Waals surface area contributed by atoms with Crippen LogP contribution in [-0.2, 0) is 9.47 Å². The van der Waals surface area contributed by atoms with Crippen LogP contribution in [0.2, 0.25) is 0 Å². The highest BCUT2D eigenvalue weighted by Gasteiger charge is 2.24. The van der Waals surface area contributed by atoms with Gasteiger partial charge in [0.25, 0.3) is 0 Å². The Kier molecular flexibility index (Phi) is 3.33. The van der Waals surface area contributed by atoms with Crippen molar-refractivity contribution in [1.82, 2.24) is 0 Å². The largest absolute Gasteiger partial charge is 0.465 e. The van der Waals surface area contributed by atoms with Crippen LogP contribution in [0.15, 0.2) is 22.7 Å². The van der Waals surface area contributed by atoms with Crippen molar-refractivity contribution in [2.24, 2.45) is 0 Å². The van der Waals surface area contributed by atoms with Crippen LogP contribution in [0.1, 0.15) is 10.4 Å². The summed E-state index contributed by atoms with van der Waals surface area (Å²) >= 11 is 3.29. The van der Waals surface area contributed by atoms with Crippen molar-refractivity contribution in [2.75, 3.05) is 25.2 Å². The second kappa shape index (κ2) is 4.75. The fraction of sp³-hybridized carbons (Fsp3) is 0.273. The molecule has 0 N–H and O–H groups in total. The van der Waals surface area contributed by atoms with Crippen LogP contribution in [0, 0.1) is 0 Å². The summed E-state index contributed by atoms with van der Waals surface area (Å²) in [6.45, 7) is 0.842. The van der Waals surface area contributed by atoms with E-state index < -0.39 is 12.1 Å². The first-order valence-electron chi connectivity index (χ1n) is 4.95. The quantitative estimate of drug-likeness (QED) is 0.786. The molecule has 0 aliphatic carbocycles. The molecule has 0 saturated carbocycles. The van der Waals surface area contributed by atoms with E-state index in [1.807, 2.05) is 0 Å². The number of halogens is 1. The van der Waals surface area contributed by atoms with Crippen LogP contribution in [-0.4, -0.2) is 32.3 Å². The van der Waals surface area contributed by atoms with Crippen molar-refractivity contribution in [1.29, 1.82) is 0 Å². The number of rotatable bonds is 2. The lowest BCUT2D eigenvalue weighted by molar-refractivity contribution is 0.0600. The van der Waals surface area contributed by atoms with E-state index in [1.54, 1.807) is 18.2 Å². The number of ether oxygens (including phenoxy) is 2. The van der Waals surface area contributed by atoms with E-state index in [9.17, 15) is 9.59 Å². The van der Waals surface area contributed by atoms with Crippen molar-refractivity contribution < 1.29 is 19.1 Å². The number of nitrogens with zero attached hydrogens (tertiary/aromatic N) is 1. The summed E-state index contributed by atoms with van der Waals surface area (Å²) in [6.07, 6.45) is -0.404. The highest BCUT2D eigenvalue weighted by Crippen LogP contribution is 2.25. The fourth-order valence-electron chi connectivity index (χ4n) is 1.59. The van der Waals surface area contributed by atoms with Gasteiger partial charge in [-0.05, 0) is 18.2 Å². The van der Waals surface area contributed by atoms with E-state index >= 15 is 0 Å². The first-order chi connectivity index (χ1) is 8.11. The Morgan fingerprint density at radius 3 is 2.82 bits per heavy atom. The highest BCUT2D eigenvalue weighted by molar-refractivity contribution is 9.10.